The average molecular weight is 265 g/mol. The third kappa shape index (κ3) is 2.68. The smallest absolute Gasteiger partial charge is 0.0592 e. The molecule has 0 aromatic carbocycles. The lowest BCUT2D eigenvalue weighted by Crippen LogP contribution is -2.15. The van der Waals surface area contributed by atoms with Crippen molar-refractivity contribution in [3.8, 4) is 10.4 Å². The largest absolute Gasteiger partial charge is 0.310 e. The van der Waals surface area contributed by atoms with Crippen LogP contribution in [0.25, 0.3) is 10.4 Å². The van der Waals surface area contributed by atoms with Gasteiger partial charge >= 0.3 is 0 Å². The predicted octanol–water partition coefficient (Wildman–Crippen LogP) is 3.72. The highest BCUT2D eigenvalue weighted by Gasteiger charge is 2.20. The molecule has 4 heteroatoms. The Morgan fingerprint density at radius 1 is 1.41 bits per heavy atom. The van der Waals surface area contributed by atoms with Gasteiger partial charge < -0.3 is 5.32 Å². The Balaban J connectivity index is 1.80. The standard InChI is InChI=1S/C13H13ClN2S/c14-12-3-4-17-13(12)10-5-9(6-15-8-10)7-16-11-1-2-11/h3-6,8,11,16H,1-2,7H2. The topological polar surface area (TPSA) is 24.9 Å². The monoisotopic (exact) mass is 264 g/mol. The van der Waals surface area contributed by atoms with Gasteiger partial charge in [0.1, 0.15) is 0 Å². The molecule has 0 amide bonds. The highest BCUT2D eigenvalue weighted by atomic mass is 35.5. The Bertz CT molecular complexity index is 520. The fourth-order valence-electron chi connectivity index (χ4n) is 1.76. The Morgan fingerprint density at radius 2 is 2.29 bits per heavy atom. The Kier molecular flexibility index (Phi) is 3.14. The Labute approximate surface area is 110 Å². The van der Waals surface area contributed by atoms with Crippen LogP contribution in [0, 0.1) is 0 Å². The van der Waals surface area contributed by atoms with Gasteiger partial charge in [0.05, 0.1) is 9.90 Å². The number of hydrogen-bond acceptors (Lipinski definition) is 3. The number of nitrogens with one attached hydrogen (secondary N) is 1. The van der Waals surface area contributed by atoms with Crippen LogP contribution in [-0.4, -0.2) is 11.0 Å². The predicted molar refractivity (Wildman–Crippen MR) is 72.4 cm³/mol. The molecule has 0 saturated heterocycles. The fraction of sp³-hybridized carbons (Fsp3) is 0.308. The molecule has 17 heavy (non-hydrogen) atoms. The van der Waals surface area contributed by atoms with Crippen molar-refractivity contribution in [2.45, 2.75) is 25.4 Å². The molecule has 88 valence electrons. The van der Waals surface area contributed by atoms with E-state index in [-0.39, 0.29) is 0 Å². The number of pyridine rings is 1. The van der Waals surface area contributed by atoms with Crippen molar-refractivity contribution in [2.75, 3.05) is 0 Å². The van der Waals surface area contributed by atoms with E-state index in [4.69, 9.17) is 11.6 Å². The lowest BCUT2D eigenvalue weighted by Gasteiger charge is -2.05. The van der Waals surface area contributed by atoms with Gasteiger partial charge in [0.25, 0.3) is 0 Å². The fourth-order valence-corrected chi connectivity index (χ4v) is 2.91. The number of aromatic nitrogens is 1. The summed E-state index contributed by atoms with van der Waals surface area (Å²) in [6, 6.07) is 4.82. The zero-order chi connectivity index (χ0) is 11.7. The van der Waals surface area contributed by atoms with Crippen LogP contribution in [0.1, 0.15) is 18.4 Å². The van der Waals surface area contributed by atoms with Gasteiger partial charge in [-0.1, -0.05) is 11.6 Å². The Morgan fingerprint density at radius 3 is 3.00 bits per heavy atom. The van der Waals surface area contributed by atoms with E-state index in [1.807, 2.05) is 23.8 Å². The van der Waals surface area contributed by atoms with E-state index in [0.717, 1.165) is 28.0 Å². The molecule has 1 aliphatic rings. The minimum atomic E-state index is 0.726. The van der Waals surface area contributed by atoms with Crippen LogP contribution in [-0.2, 0) is 6.54 Å². The molecule has 0 aliphatic heterocycles. The normalized spacial score (nSPS) is 15.1. The zero-order valence-electron chi connectivity index (χ0n) is 9.32. The zero-order valence-corrected chi connectivity index (χ0v) is 10.9. The highest BCUT2D eigenvalue weighted by Crippen LogP contribution is 2.33. The molecule has 2 nitrogen and oxygen atoms in total. The molecular weight excluding hydrogens is 252 g/mol. The number of thiophene rings is 1. The number of nitrogens with zero attached hydrogens (tertiary/aromatic N) is 1. The van der Waals surface area contributed by atoms with Gasteiger partial charge in [0, 0.05) is 30.5 Å². The van der Waals surface area contributed by atoms with E-state index >= 15 is 0 Å². The first-order chi connectivity index (χ1) is 8.33. The second-order valence-corrected chi connectivity index (χ2v) is 5.66. The molecule has 1 fully saturated rings. The van der Waals surface area contributed by atoms with Gasteiger partial charge in [-0.3, -0.25) is 4.98 Å². The van der Waals surface area contributed by atoms with E-state index < -0.39 is 0 Å². The van der Waals surface area contributed by atoms with Crippen LogP contribution in [0.5, 0.6) is 0 Å². The summed E-state index contributed by atoms with van der Waals surface area (Å²) in [5.74, 6) is 0. The van der Waals surface area contributed by atoms with Crippen molar-refractivity contribution >= 4 is 22.9 Å². The van der Waals surface area contributed by atoms with Crippen LogP contribution in [0.15, 0.2) is 29.9 Å². The first-order valence-corrected chi connectivity index (χ1v) is 6.99. The van der Waals surface area contributed by atoms with Gasteiger partial charge in [-0.2, -0.15) is 0 Å². The van der Waals surface area contributed by atoms with Crippen LogP contribution < -0.4 is 5.32 Å². The molecular formula is C13H13ClN2S. The first-order valence-electron chi connectivity index (χ1n) is 5.73. The molecule has 1 aliphatic carbocycles. The molecule has 0 bridgehead atoms. The van der Waals surface area contributed by atoms with Crippen molar-refractivity contribution in [2.24, 2.45) is 0 Å². The summed E-state index contributed by atoms with van der Waals surface area (Å²) in [5, 5.41) is 6.31. The quantitative estimate of drug-likeness (QED) is 0.911. The van der Waals surface area contributed by atoms with Crippen LogP contribution in [0.2, 0.25) is 5.02 Å². The van der Waals surface area contributed by atoms with Crippen molar-refractivity contribution in [3.63, 3.8) is 0 Å². The van der Waals surface area contributed by atoms with Crippen molar-refractivity contribution in [1.82, 2.24) is 10.3 Å². The molecule has 0 atom stereocenters. The molecule has 0 unspecified atom stereocenters. The van der Waals surface area contributed by atoms with Gasteiger partial charge in [-0.25, -0.2) is 0 Å². The number of rotatable bonds is 4. The number of hydrogen-bond donors (Lipinski definition) is 1. The summed E-state index contributed by atoms with van der Waals surface area (Å²) in [6.07, 6.45) is 6.41. The molecule has 2 heterocycles. The molecule has 2 aromatic rings. The van der Waals surface area contributed by atoms with E-state index in [0.29, 0.717) is 0 Å². The number of halogens is 1. The summed E-state index contributed by atoms with van der Waals surface area (Å²) in [7, 11) is 0. The summed E-state index contributed by atoms with van der Waals surface area (Å²) in [4.78, 5) is 5.39. The van der Waals surface area contributed by atoms with Crippen LogP contribution in [0.3, 0.4) is 0 Å². The van der Waals surface area contributed by atoms with Gasteiger partial charge in [-0.05, 0) is 35.9 Å². The molecule has 0 spiro atoms. The Hall–Kier alpha value is -0.900. The molecule has 1 saturated carbocycles. The third-order valence-electron chi connectivity index (χ3n) is 2.85. The van der Waals surface area contributed by atoms with E-state index in [1.54, 1.807) is 11.3 Å². The van der Waals surface area contributed by atoms with E-state index in [2.05, 4.69) is 16.4 Å². The van der Waals surface area contributed by atoms with Gasteiger partial charge in [-0.15, -0.1) is 11.3 Å². The maximum atomic E-state index is 6.13. The molecule has 0 radical (unpaired) electrons. The van der Waals surface area contributed by atoms with Crippen LogP contribution in [0.4, 0.5) is 0 Å². The SMILES string of the molecule is Clc1ccsc1-c1cncc(CNC2CC2)c1. The summed E-state index contributed by atoms with van der Waals surface area (Å²) in [5.41, 5.74) is 2.33. The lowest BCUT2D eigenvalue weighted by molar-refractivity contribution is 0.686. The highest BCUT2D eigenvalue weighted by molar-refractivity contribution is 7.14. The van der Waals surface area contributed by atoms with Crippen LogP contribution >= 0.6 is 22.9 Å². The minimum absolute atomic E-state index is 0.726. The first kappa shape index (κ1) is 11.2. The summed E-state index contributed by atoms with van der Waals surface area (Å²) >= 11 is 7.79. The van der Waals surface area contributed by atoms with Crippen molar-refractivity contribution in [3.05, 3.63) is 40.5 Å². The average Bonchev–Trinajstić information content (AvgIpc) is 3.08. The molecule has 3 rings (SSSR count). The summed E-state index contributed by atoms with van der Waals surface area (Å²) < 4.78 is 0. The van der Waals surface area contributed by atoms with Gasteiger partial charge in [0.2, 0.25) is 0 Å². The molecule has 1 N–H and O–H groups in total. The second kappa shape index (κ2) is 4.77. The third-order valence-corrected chi connectivity index (χ3v) is 4.24. The maximum Gasteiger partial charge on any atom is 0.0592 e. The van der Waals surface area contributed by atoms with Crippen molar-refractivity contribution < 1.29 is 0 Å². The maximum absolute atomic E-state index is 6.13. The molecule has 2 aromatic heterocycles. The minimum Gasteiger partial charge on any atom is -0.310 e. The second-order valence-electron chi connectivity index (χ2n) is 4.33. The van der Waals surface area contributed by atoms with Crippen molar-refractivity contribution in [1.29, 1.82) is 0 Å². The van der Waals surface area contributed by atoms with Gasteiger partial charge in [0.15, 0.2) is 0 Å². The van der Waals surface area contributed by atoms with E-state index in [1.165, 1.54) is 18.4 Å². The summed E-state index contributed by atoms with van der Waals surface area (Å²) in [6.45, 7) is 0.897. The lowest BCUT2D eigenvalue weighted by atomic mass is 10.2. The van der Waals surface area contributed by atoms with E-state index in [9.17, 15) is 0 Å².